The molecule has 0 bridgehead atoms. The number of carbonyl (C=O) groups is 1. The zero-order valence-corrected chi connectivity index (χ0v) is 13.1. The zero-order chi connectivity index (χ0) is 16.7. The lowest BCUT2D eigenvalue weighted by Crippen LogP contribution is -2.24. The van der Waals surface area contributed by atoms with Crippen LogP contribution in [0.15, 0.2) is 48.5 Å². The molecule has 0 aliphatic rings. The third-order valence-electron chi connectivity index (χ3n) is 3.31. The van der Waals surface area contributed by atoms with Crippen LogP contribution in [0, 0.1) is 0 Å². The van der Waals surface area contributed by atoms with Crippen molar-refractivity contribution < 1.29 is 19.4 Å². The molecule has 0 radical (unpaired) electrons. The Morgan fingerprint density at radius 3 is 2.04 bits per heavy atom. The summed E-state index contributed by atoms with van der Waals surface area (Å²) in [7, 11) is 0. The Hall–Kier alpha value is -2.69. The second-order valence-electron chi connectivity index (χ2n) is 5.21. The summed E-state index contributed by atoms with van der Waals surface area (Å²) in [6.07, 6.45) is 2.30. The Morgan fingerprint density at radius 2 is 1.57 bits per heavy atom. The van der Waals surface area contributed by atoms with Crippen LogP contribution in [0.4, 0.5) is 5.69 Å². The van der Waals surface area contributed by atoms with E-state index in [1.165, 1.54) is 12.1 Å². The van der Waals surface area contributed by atoms with E-state index in [2.05, 4.69) is 6.92 Å². The highest BCUT2D eigenvalue weighted by atomic mass is 16.7. The number of anilines is 1. The van der Waals surface area contributed by atoms with Crippen LogP contribution in [0.5, 0.6) is 11.5 Å². The predicted molar refractivity (Wildman–Crippen MR) is 88.8 cm³/mol. The standard InChI is InChI=1S/C18H21NO4/c1-2-3-4-17(23-16-11-7-14(19)8-12-16)22-15-9-5-13(6-10-15)18(20)21/h5-12,17H,2-4,19H2,1H3,(H,20,21). The smallest absolute Gasteiger partial charge is 0.335 e. The molecule has 0 saturated heterocycles. The first-order chi connectivity index (χ1) is 11.1. The third-order valence-corrected chi connectivity index (χ3v) is 3.31. The van der Waals surface area contributed by atoms with Crippen molar-refractivity contribution in [1.29, 1.82) is 0 Å². The van der Waals surface area contributed by atoms with E-state index in [9.17, 15) is 4.79 Å². The molecule has 0 fully saturated rings. The number of hydrogen-bond donors (Lipinski definition) is 2. The van der Waals surface area contributed by atoms with Gasteiger partial charge in [0.2, 0.25) is 6.29 Å². The van der Waals surface area contributed by atoms with Gasteiger partial charge < -0.3 is 20.3 Å². The third kappa shape index (κ3) is 5.21. The average Bonchev–Trinajstić information content (AvgIpc) is 2.55. The van der Waals surface area contributed by atoms with Crippen molar-refractivity contribution in [3.05, 3.63) is 54.1 Å². The molecule has 122 valence electrons. The Morgan fingerprint density at radius 1 is 1.04 bits per heavy atom. The Kier molecular flexibility index (Phi) is 5.86. The van der Waals surface area contributed by atoms with Gasteiger partial charge in [-0.1, -0.05) is 13.3 Å². The van der Waals surface area contributed by atoms with E-state index >= 15 is 0 Å². The molecule has 0 amide bonds. The quantitative estimate of drug-likeness (QED) is 0.569. The van der Waals surface area contributed by atoms with Crippen molar-refractivity contribution in [2.45, 2.75) is 32.5 Å². The molecular weight excluding hydrogens is 294 g/mol. The fourth-order valence-electron chi connectivity index (χ4n) is 2.04. The van der Waals surface area contributed by atoms with Gasteiger partial charge in [0.25, 0.3) is 0 Å². The van der Waals surface area contributed by atoms with Gasteiger partial charge in [-0.05, 0) is 55.0 Å². The van der Waals surface area contributed by atoms with Crippen LogP contribution in [-0.4, -0.2) is 17.4 Å². The van der Waals surface area contributed by atoms with Crippen molar-refractivity contribution in [2.75, 3.05) is 5.73 Å². The average molecular weight is 315 g/mol. The minimum Gasteiger partial charge on any atom is -0.478 e. The molecule has 3 N–H and O–H groups in total. The minimum absolute atomic E-state index is 0.224. The monoisotopic (exact) mass is 315 g/mol. The summed E-state index contributed by atoms with van der Waals surface area (Å²) in [5.41, 5.74) is 6.56. The number of rotatable bonds is 8. The Labute approximate surface area is 135 Å². The van der Waals surface area contributed by atoms with Crippen LogP contribution in [0.25, 0.3) is 0 Å². The van der Waals surface area contributed by atoms with Crippen LogP contribution in [0.1, 0.15) is 36.5 Å². The summed E-state index contributed by atoms with van der Waals surface area (Å²) < 4.78 is 11.7. The fourth-order valence-corrected chi connectivity index (χ4v) is 2.04. The topological polar surface area (TPSA) is 81.8 Å². The summed E-state index contributed by atoms with van der Waals surface area (Å²) in [6.45, 7) is 2.10. The van der Waals surface area contributed by atoms with Gasteiger partial charge in [0.05, 0.1) is 5.56 Å². The molecule has 2 aromatic carbocycles. The summed E-state index contributed by atoms with van der Waals surface area (Å²) in [6, 6.07) is 13.4. The van der Waals surface area contributed by atoms with Crippen LogP contribution in [0.2, 0.25) is 0 Å². The lowest BCUT2D eigenvalue weighted by molar-refractivity contribution is -0.00211. The number of benzene rings is 2. The maximum Gasteiger partial charge on any atom is 0.335 e. The lowest BCUT2D eigenvalue weighted by atomic mass is 10.2. The van der Waals surface area contributed by atoms with Crippen LogP contribution in [0.3, 0.4) is 0 Å². The highest BCUT2D eigenvalue weighted by Crippen LogP contribution is 2.21. The molecule has 2 aromatic rings. The molecule has 23 heavy (non-hydrogen) atoms. The van der Waals surface area contributed by atoms with Gasteiger partial charge in [-0.3, -0.25) is 0 Å². The molecule has 0 spiro atoms. The van der Waals surface area contributed by atoms with E-state index in [1.54, 1.807) is 36.4 Å². The van der Waals surface area contributed by atoms with E-state index in [1.807, 2.05) is 0 Å². The highest BCUT2D eigenvalue weighted by molar-refractivity contribution is 5.87. The number of carboxylic acids is 1. The first kappa shape index (κ1) is 16.7. The van der Waals surface area contributed by atoms with Crippen molar-refractivity contribution in [3.8, 4) is 11.5 Å². The van der Waals surface area contributed by atoms with Crippen LogP contribution in [-0.2, 0) is 0 Å². The SMILES string of the molecule is CCCCC(Oc1ccc(N)cc1)Oc1ccc(C(=O)O)cc1. The molecule has 1 unspecified atom stereocenters. The second kappa shape index (κ2) is 8.08. The van der Waals surface area contributed by atoms with Gasteiger partial charge in [-0.2, -0.15) is 0 Å². The van der Waals surface area contributed by atoms with Gasteiger partial charge in [0, 0.05) is 12.1 Å². The number of nitrogens with two attached hydrogens (primary N) is 1. The van der Waals surface area contributed by atoms with Gasteiger partial charge in [-0.25, -0.2) is 4.79 Å². The van der Waals surface area contributed by atoms with Crippen molar-refractivity contribution in [2.24, 2.45) is 0 Å². The number of aromatic carboxylic acids is 1. The van der Waals surface area contributed by atoms with Gasteiger partial charge in [0.1, 0.15) is 11.5 Å². The highest BCUT2D eigenvalue weighted by Gasteiger charge is 2.13. The number of hydrogen-bond acceptors (Lipinski definition) is 4. The summed E-state index contributed by atoms with van der Waals surface area (Å²) in [5.74, 6) is 0.297. The molecule has 0 aromatic heterocycles. The molecule has 5 heteroatoms. The Balaban J connectivity index is 2.05. The van der Waals surface area contributed by atoms with Crippen molar-refractivity contribution >= 4 is 11.7 Å². The number of unbranched alkanes of at least 4 members (excludes halogenated alkanes) is 1. The molecule has 2 rings (SSSR count). The fraction of sp³-hybridized carbons (Fsp3) is 0.278. The molecule has 5 nitrogen and oxygen atoms in total. The van der Waals surface area contributed by atoms with Crippen molar-refractivity contribution in [1.82, 2.24) is 0 Å². The number of nitrogen functional groups attached to an aromatic ring is 1. The first-order valence-corrected chi connectivity index (χ1v) is 7.60. The van der Waals surface area contributed by atoms with E-state index < -0.39 is 12.3 Å². The Bertz CT molecular complexity index is 622. The van der Waals surface area contributed by atoms with E-state index in [4.69, 9.17) is 20.3 Å². The normalized spacial score (nSPS) is 11.7. The van der Waals surface area contributed by atoms with E-state index in [-0.39, 0.29) is 5.56 Å². The number of carboxylic acid groups (broad SMARTS) is 1. The largest absolute Gasteiger partial charge is 0.478 e. The molecule has 0 saturated carbocycles. The number of ether oxygens (including phenoxy) is 2. The maximum atomic E-state index is 10.9. The van der Waals surface area contributed by atoms with E-state index in [0.29, 0.717) is 17.2 Å². The summed E-state index contributed by atoms with van der Waals surface area (Å²) in [5, 5.41) is 8.92. The van der Waals surface area contributed by atoms with Crippen LogP contribution < -0.4 is 15.2 Å². The zero-order valence-electron chi connectivity index (χ0n) is 13.1. The van der Waals surface area contributed by atoms with Gasteiger partial charge in [-0.15, -0.1) is 0 Å². The van der Waals surface area contributed by atoms with E-state index in [0.717, 1.165) is 19.3 Å². The second-order valence-corrected chi connectivity index (χ2v) is 5.21. The summed E-state index contributed by atoms with van der Waals surface area (Å²) in [4.78, 5) is 10.9. The molecule has 1 atom stereocenters. The van der Waals surface area contributed by atoms with Crippen LogP contribution >= 0.6 is 0 Å². The molecule has 0 aliphatic carbocycles. The first-order valence-electron chi connectivity index (χ1n) is 7.60. The lowest BCUT2D eigenvalue weighted by Gasteiger charge is -2.20. The molecule has 0 aliphatic heterocycles. The molecular formula is C18H21NO4. The minimum atomic E-state index is -0.961. The summed E-state index contributed by atoms with van der Waals surface area (Å²) >= 11 is 0. The van der Waals surface area contributed by atoms with Gasteiger partial charge >= 0.3 is 5.97 Å². The molecule has 0 heterocycles. The van der Waals surface area contributed by atoms with Crippen molar-refractivity contribution in [3.63, 3.8) is 0 Å². The maximum absolute atomic E-state index is 10.9. The predicted octanol–water partition coefficient (Wildman–Crippen LogP) is 3.94. The van der Waals surface area contributed by atoms with Gasteiger partial charge in [0.15, 0.2) is 0 Å².